The largest absolute Gasteiger partial charge is 0.465 e. The smallest absolute Gasteiger partial charge is 0.341 e. The van der Waals surface area contributed by atoms with Crippen LogP contribution in [0, 0.1) is 32.9 Å². The molecule has 184 valence electrons. The first kappa shape index (κ1) is 24.2. The number of ether oxygens (including phenoxy) is 2. The van der Waals surface area contributed by atoms with E-state index in [1.165, 1.54) is 12.1 Å². The number of nitrogens with two attached hydrogens (primary N) is 2. The molecule has 0 spiro atoms. The Morgan fingerprint density at radius 3 is 2.65 bits per heavy atom. The molecule has 0 amide bonds. The van der Waals surface area contributed by atoms with Crippen molar-refractivity contribution in [1.29, 1.82) is 10.5 Å². The van der Waals surface area contributed by atoms with Gasteiger partial charge in [0, 0.05) is 23.3 Å². The molecule has 1 atom stereocenters. The third kappa shape index (κ3) is 4.45. The second-order valence-corrected chi connectivity index (χ2v) is 7.47. The van der Waals surface area contributed by atoms with E-state index < -0.39 is 16.9 Å². The number of methoxy groups -OCH3 is 1. The monoisotopic (exact) mass is 499 g/mol. The van der Waals surface area contributed by atoms with Gasteiger partial charge in [0.05, 0.1) is 17.7 Å². The summed E-state index contributed by atoms with van der Waals surface area (Å²) in [5, 5.41) is 35.1. The molecule has 6 N–H and O–H groups in total. The maximum absolute atomic E-state index is 12.4. The van der Waals surface area contributed by atoms with Crippen molar-refractivity contribution in [2.75, 3.05) is 23.9 Å². The third-order valence-electron chi connectivity index (χ3n) is 5.37. The molecule has 0 bridgehead atoms. The molecule has 1 aliphatic heterocycles. The molecule has 1 aliphatic rings. The number of nitrogen functional groups attached to an aromatic ring is 2. The van der Waals surface area contributed by atoms with Crippen molar-refractivity contribution >= 4 is 34.9 Å². The minimum absolute atomic E-state index is 0.0143. The SMILES string of the molecule is COC(=O)c1cc([N+](=O)[O-])ccc1Oc1ccccc1C1N=C(NC#N)Nc2nc(N)c(C#N)c(N)c21. The summed E-state index contributed by atoms with van der Waals surface area (Å²) in [6, 6.07) is 11.1. The summed E-state index contributed by atoms with van der Waals surface area (Å²) in [5.41, 5.74) is 12.4. The number of pyridine rings is 1. The van der Waals surface area contributed by atoms with Gasteiger partial charge in [0.1, 0.15) is 46.4 Å². The number of hydrogen-bond donors (Lipinski definition) is 4. The number of hydrogen-bond acceptors (Lipinski definition) is 13. The normalized spacial score (nSPS) is 13.6. The molecule has 0 saturated carbocycles. The molecule has 1 aromatic heterocycles. The first-order valence-corrected chi connectivity index (χ1v) is 10.4. The quantitative estimate of drug-likeness (QED) is 0.130. The van der Waals surface area contributed by atoms with Crippen molar-refractivity contribution in [3.05, 3.63) is 74.8 Å². The van der Waals surface area contributed by atoms with Crippen molar-refractivity contribution in [3.8, 4) is 23.8 Å². The van der Waals surface area contributed by atoms with E-state index in [4.69, 9.17) is 26.2 Å². The number of esters is 1. The van der Waals surface area contributed by atoms with Crippen LogP contribution in [-0.2, 0) is 4.74 Å². The van der Waals surface area contributed by atoms with E-state index >= 15 is 0 Å². The van der Waals surface area contributed by atoms with Gasteiger partial charge in [0.2, 0.25) is 5.96 Å². The molecular formula is C23H17N9O5. The maximum Gasteiger partial charge on any atom is 0.341 e. The number of fused-ring (bicyclic) bond motifs is 1. The highest BCUT2D eigenvalue weighted by atomic mass is 16.6. The lowest BCUT2D eigenvalue weighted by Crippen LogP contribution is -2.32. The molecular weight excluding hydrogens is 482 g/mol. The number of para-hydroxylation sites is 1. The molecule has 14 heteroatoms. The maximum atomic E-state index is 12.4. The highest BCUT2D eigenvalue weighted by Gasteiger charge is 2.32. The number of nitro groups is 1. The summed E-state index contributed by atoms with van der Waals surface area (Å²) in [7, 11) is 1.14. The number of nitriles is 2. The zero-order chi connectivity index (χ0) is 26.7. The molecule has 0 fully saturated rings. The van der Waals surface area contributed by atoms with E-state index in [1.807, 2.05) is 6.07 Å². The third-order valence-corrected chi connectivity index (χ3v) is 5.37. The van der Waals surface area contributed by atoms with E-state index in [2.05, 4.69) is 20.6 Å². The highest BCUT2D eigenvalue weighted by molar-refractivity contribution is 5.98. The first-order chi connectivity index (χ1) is 17.8. The van der Waals surface area contributed by atoms with Crippen molar-refractivity contribution in [2.45, 2.75) is 6.04 Å². The summed E-state index contributed by atoms with van der Waals surface area (Å²) >= 11 is 0. The first-order valence-electron chi connectivity index (χ1n) is 10.4. The molecule has 2 aromatic carbocycles. The predicted molar refractivity (Wildman–Crippen MR) is 130 cm³/mol. The van der Waals surface area contributed by atoms with Crippen molar-refractivity contribution in [1.82, 2.24) is 10.3 Å². The van der Waals surface area contributed by atoms with Crippen LogP contribution in [-0.4, -0.2) is 28.9 Å². The number of carbonyl (C=O) groups is 1. The van der Waals surface area contributed by atoms with Gasteiger partial charge in [0.15, 0.2) is 6.19 Å². The van der Waals surface area contributed by atoms with Crippen LogP contribution in [0.1, 0.15) is 33.1 Å². The summed E-state index contributed by atoms with van der Waals surface area (Å²) < 4.78 is 10.8. The molecule has 4 rings (SSSR count). The number of anilines is 3. The van der Waals surface area contributed by atoms with Gasteiger partial charge in [-0.25, -0.2) is 14.8 Å². The molecule has 0 radical (unpaired) electrons. The van der Waals surface area contributed by atoms with Gasteiger partial charge < -0.3 is 26.3 Å². The van der Waals surface area contributed by atoms with Gasteiger partial charge >= 0.3 is 5.97 Å². The van der Waals surface area contributed by atoms with Gasteiger partial charge in [-0.1, -0.05) is 18.2 Å². The van der Waals surface area contributed by atoms with Crippen LogP contribution in [0.4, 0.5) is 23.0 Å². The minimum Gasteiger partial charge on any atom is -0.465 e. The Labute approximate surface area is 208 Å². The lowest BCUT2D eigenvalue weighted by molar-refractivity contribution is -0.384. The Morgan fingerprint density at radius 1 is 1.22 bits per heavy atom. The number of non-ortho nitro benzene ring substituents is 1. The molecule has 1 unspecified atom stereocenters. The topological polar surface area (TPSA) is 228 Å². The fourth-order valence-corrected chi connectivity index (χ4v) is 3.71. The lowest BCUT2D eigenvalue weighted by atomic mass is 9.94. The number of nitro benzene ring substituents is 1. The number of nitrogens with one attached hydrogen (secondary N) is 2. The number of rotatable bonds is 5. The fourth-order valence-electron chi connectivity index (χ4n) is 3.71. The molecule has 37 heavy (non-hydrogen) atoms. The van der Waals surface area contributed by atoms with Crippen molar-refractivity contribution in [2.24, 2.45) is 4.99 Å². The van der Waals surface area contributed by atoms with Crippen molar-refractivity contribution < 1.29 is 19.2 Å². The second kappa shape index (κ2) is 9.77. The Morgan fingerprint density at radius 2 is 1.97 bits per heavy atom. The van der Waals surface area contributed by atoms with Crippen LogP contribution in [0.3, 0.4) is 0 Å². The van der Waals surface area contributed by atoms with E-state index in [0.29, 0.717) is 11.1 Å². The van der Waals surface area contributed by atoms with Crippen LogP contribution in [0.25, 0.3) is 0 Å². The average Bonchev–Trinajstić information content (AvgIpc) is 2.88. The van der Waals surface area contributed by atoms with Gasteiger partial charge in [-0.3, -0.25) is 15.4 Å². The lowest BCUT2D eigenvalue weighted by Gasteiger charge is -2.27. The molecule has 14 nitrogen and oxygen atoms in total. The van der Waals surface area contributed by atoms with Gasteiger partial charge in [-0.05, 0) is 12.1 Å². The Bertz CT molecular complexity index is 1560. The van der Waals surface area contributed by atoms with Crippen LogP contribution >= 0.6 is 0 Å². The zero-order valence-corrected chi connectivity index (χ0v) is 19.1. The van der Waals surface area contributed by atoms with Crippen molar-refractivity contribution in [3.63, 3.8) is 0 Å². The fraction of sp³-hybridized carbons (Fsp3) is 0.0870. The number of nitrogens with zero attached hydrogens (tertiary/aromatic N) is 5. The summed E-state index contributed by atoms with van der Waals surface area (Å²) in [6.07, 6.45) is 1.76. The highest BCUT2D eigenvalue weighted by Crippen LogP contribution is 2.44. The zero-order valence-electron chi connectivity index (χ0n) is 19.1. The Balaban J connectivity index is 1.88. The molecule has 0 aliphatic carbocycles. The van der Waals surface area contributed by atoms with Crippen LogP contribution in [0.5, 0.6) is 11.5 Å². The number of aliphatic imine (C=N–C) groups is 1. The van der Waals surface area contributed by atoms with Gasteiger partial charge in [-0.2, -0.15) is 10.5 Å². The Hall–Kier alpha value is -5.89. The number of benzene rings is 2. The number of carbonyl (C=O) groups excluding carboxylic acids is 1. The Kier molecular flexibility index (Phi) is 6.40. The van der Waals surface area contributed by atoms with Gasteiger partial charge in [0.25, 0.3) is 5.69 Å². The van der Waals surface area contributed by atoms with E-state index in [-0.39, 0.29) is 51.6 Å². The van der Waals surface area contributed by atoms with Crippen LogP contribution in [0.15, 0.2) is 47.5 Å². The predicted octanol–water partition coefficient (Wildman–Crippen LogP) is 2.55. The van der Waals surface area contributed by atoms with E-state index in [9.17, 15) is 20.2 Å². The van der Waals surface area contributed by atoms with E-state index in [1.54, 1.807) is 30.5 Å². The summed E-state index contributed by atoms with van der Waals surface area (Å²) in [5.74, 6) is -0.553. The standard InChI is InChI=1S/C23H17N9O5/c1-36-22(33)13-8-11(32(34)35)6-7-16(13)37-15-5-3-2-4-12(15)19-17-18(26)14(9-24)20(27)30-21(17)31-23(29-19)28-10-25/h2-8,19H,1H3,(H6,26,27,28,29,30,31). The number of guanidine groups is 1. The molecule has 3 aromatic rings. The summed E-state index contributed by atoms with van der Waals surface area (Å²) in [4.78, 5) is 31.6. The van der Waals surface area contributed by atoms with E-state index in [0.717, 1.165) is 13.2 Å². The second-order valence-electron chi connectivity index (χ2n) is 7.47. The summed E-state index contributed by atoms with van der Waals surface area (Å²) in [6.45, 7) is 0. The average molecular weight is 499 g/mol. The van der Waals surface area contributed by atoms with Gasteiger partial charge in [-0.15, -0.1) is 0 Å². The van der Waals surface area contributed by atoms with Crippen LogP contribution in [0.2, 0.25) is 0 Å². The number of aromatic nitrogens is 1. The molecule has 2 heterocycles. The van der Waals surface area contributed by atoms with Crippen LogP contribution < -0.4 is 26.8 Å². The molecule has 0 saturated heterocycles. The minimum atomic E-state index is -0.928.